The first-order valence-corrected chi connectivity index (χ1v) is 38.1. The van der Waals surface area contributed by atoms with E-state index >= 15 is 0 Å². The van der Waals surface area contributed by atoms with Crippen molar-refractivity contribution in [1.82, 2.24) is 0 Å². The van der Waals surface area contributed by atoms with E-state index in [1.807, 2.05) is 21.1 Å². The fourth-order valence-corrected chi connectivity index (χ4v) is 11.2. The van der Waals surface area contributed by atoms with E-state index in [1.165, 1.54) is 257 Å². The lowest BCUT2D eigenvalue weighted by Crippen LogP contribution is -2.40. The lowest BCUT2D eigenvalue weighted by molar-refractivity contribution is -0.870. The highest BCUT2D eigenvalue weighted by Gasteiger charge is 2.25. The smallest absolute Gasteiger partial charge is 0.361 e. The Hall–Kier alpha value is -3.27. The summed E-state index contributed by atoms with van der Waals surface area (Å²) in [5.41, 5.74) is 0. The summed E-state index contributed by atoms with van der Waals surface area (Å²) >= 11 is 0. The third kappa shape index (κ3) is 72.0. The number of allylic oxidation sites excluding steroid dienone is 12. The van der Waals surface area contributed by atoms with Gasteiger partial charge in [0.25, 0.3) is 6.29 Å². The van der Waals surface area contributed by atoms with Gasteiger partial charge in [-0.2, -0.15) is 0 Å². The minimum Gasteiger partial charge on any atom is -0.477 e. The molecule has 0 aliphatic rings. The fourth-order valence-electron chi connectivity index (χ4n) is 11.2. The molecule has 1 N–H and O–H groups in total. The van der Waals surface area contributed by atoms with Crippen LogP contribution in [0.15, 0.2) is 72.9 Å². The largest absolute Gasteiger partial charge is 0.477 e. The monoisotopic (exact) mass is 1250 g/mol. The van der Waals surface area contributed by atoms with Crippen molar-refractivity contribution in [3.63, 3.8) is 0 Å². The molecule has 0 bridgehead atoms. The van der Waals surface area contributed by atoms with Crippen molar-refractivity contribution in [2.45, 2.75) is 373 Å². The van der Waals surface area contributed by atoms with Crippen molar-refractivity contribution in [2.75, 3.05) is 47.5 Å². The molecule has 89 heavy (non-hydrogen) atoms. The zero-order valence-corrected chi connectivity index (χ0v) is 59.3. The molecule has 2 atom stereocenters. The van der Waals surface area contributed by atoms with Crippen LogP contribution in [0.1, 0.15) is 361 Å². The second kappa shape index (κ2) is 70.6. The van der Waals surface area contributed by atoms with Crippen LogP contribution in [0, 0.1) is 0 Å². The van der Waals surface area contributed by atoms with Crippen molar-refractivity contribution in [2.24, 2.45) is 0 Å². The van der Waals surface area contributed by atoms with Gasteiger partial charge in [0.2, 0.25) is 0 Å². The van der Waals surface area contributed by atoms with Gasteiger partial charge in [-0.05, 0) is 83.5 Å². The zero-order valence-electron chi connectivity index (χ0n) is 59.3. The molecule has 0 heterocycles. The number of rotatable bonds is 71. The molecule has 9 heteroatoms. The Morgan fingerprint density at radius 2 is 0.640 bits per heavy atom. The summed E-state index contributed by atoms with van der Waals surface area (Å²) in [4.78, 5) is 37.7. The summed E-state index contributed by atoms with van der Waals surface area (Å²) in [6, 6.07) is 0. The van der Waals surface area contributed by atoms with Crippen LogP contribution in [0.4, 0.5) is 0 Å². The molecule has 0 spiro atoms. The summed E-state index contributed by atoms with van der Waals surface area (Å²) in [6.07, 6.45) is 91.9. The molecule has 0 amide bonds. The first kappa shape index (κ1) is 85.7. The van der Waals surface area contributed by atoms with E-state index in [1.54, 1.807) is 0 Å². The van der Waals surface area contributed by atoms with Gasteiger partial charge >= 0.3 is 17.9 Å². The number of carbonyl (C=O) groups excluding carboxylic acids is 2. The summed E-state index contributed by atoms with van der Waals surface area (Å²) in [6.45, 7) is 4.81. The summed E-state index contributed by atoms with van der Waals surface area (Å²) < 4.78 is 23.0. The Balaban J connectivity index is 4.00. The minimum atomic E-state index is -1.51. The van der Waals surface area contributed by atoms with Gasteiger partial charge in [0, 0.05) is 12.8 Å². The quantitative estimate of drug-likeness (QED) is 0.0211. The van der Waals surface area contributed by atoms with Gasteiger partial charge in [-0.25, -0.2) is 4.79 Å². The number of carboxylic acids is 1. The van der Waals surface area contributed by atoms with Crippen molar-refractivity contribution < 1.29 is 42.9 Å². The van der Waals surface area contributed by atoms with Gasteiger partial charge < -0.3 is 28.5 Å². The maximum Gasteiger partial charge on any atom is 0.361 e. The fraction of sp³-hybridized carbons (Fsp3) is 0.812. The van der Waals surface area contributed by atoms with E-state index in [2.05, 4.69) is 86.8 Å². The third-order valence-corrected chi connectivity index (χ3v) is 16.9. The number of carboxylic acid groups (broad SMARTS) is 1. The minimum absolute atomic E-state index is 0.182. The second-order valence-corrected chi connectivity index (χ2v) is 26.9. The topological polar surface area (TPSA) is 108 Å². The Morgan fingerprint density at radius 1 is 0.348 bits per heavy atom. The molecule has 518 valence electrons. The van der Waals surface area contributed by atoms with E-state index < -0.39 is 24.3 Å². The molecule has 0 aliphatic carbocycles. The maximum atomic E-state index is 13.0. The summed E-state index contributed by atoms with van der Waals surface area (Å²) in [7, 11) is 5.99. The molecule has 0 aromatic rings. The third-order valence-electron chi connectivity index (χ3n) is 16.9. The lowest BCUT2D eigenvalue weighted by Gasteiger charge is -2.25. The molecule has 2 unspecified atom stereocenters. The predicted molar refractivity (Wildman–Crippen MR) is 383 cm³/mol. The molecule has 0 saturated heterocycles. The molecule has 9 nitrogen and oxygen atoms in total. The number of hydrogen-bond donors (Lipinski definition) is 1. The van der Waals surface area contributed by atoms with Gasteiger partial charge in [-0.3, -0.25) is 9.59 Å². The molecule has 0 aliphatic heterocycles. The van der Waals surface area contributed by atoms with E-state index in [9.17, 15) is 19.5 Å². The van der Waals surface area contributed by atoms with Crippen LogP contribution >= 0.6 is 0 Å². The average Bonchev–Trinajstić information content (AvgIpc) is 3.64. The normalized spacial score (nSPS) is 13.0. The van der Waals surface area contributed by atoms with Crippen LogP contribution in [0.2, 0.25) is 0 Å². The van der Waals surface area contributed by atoms with Crippen molar-refractivity contribution in [3.05, 3.63) is 72.9 Å². The number of likely N-dealkylation sites (N-methyl/N-ethyl adjacent to an activating group) is 1. The number of hydrogen-bond acceptors (Lipinski definition) is 7. The van der Waals surface area contributed by atoms with Crippen molar-refractivity contribution in [3.8, 4) is 0 Å². The van der Waals surface area contributed by atoms with Crippen molar-refractivity contribution >= 4 is 17.9 Å². The second-order valence-electron chi connectivity index (χ2n) is 26.9. The SMILES string of the molecule is CC/C=C\C/C=C\C/C=C\C/C=C\C/C=C\CCCCCCCCCCCCCC(=O)OC(COC(=O)CCCCCCCCCCCCCCCCCCCCCCCCCCC/C=C\CCCCCCCCCC)COC(OCC[N+](C)(C)C)C(=O)O. The molecule has 0 fully saturated rings. The molecular formula is C80H146NO8+. The van der Waals surface area contributed by atoms with Crippen LogP contribution in [-0.2, 0) is 33.3 Å². The molecule has 0 rings (SSSR count). The van der Waals surface area contributed by atoms with Gasteiger partial charge in [-0.1, -0.05) is 337 Å². The van der Waals surface area contributed by atoms with E-state index in [0.717, 1.165) is 77.0 Å². The molecule has 0 saturated carbocycles. The Labute approximate surface area is 551 Å². The first-order chi connectivity index (χ1) is 43.6. The highest BCUT2D eigenvalue weighted by molar-refractivity contribution is 5.71. The zero-order chi connectivity index (χ0) is 64.7. The van der Waals surface area contributed by atoms with Crippen LogP contribution in [0.3, 0.4) is 0 Å². The van der Waals surface area contributed by atoms with E-state index in [-0.39, 0.29) is 32.2 Å². The maximum absolute atomic E-state index is 13.0. The van der Waals surface area contributed by atoms with E-state index in [0.29, 0.717) is 17.4 Å². The molecule has 0 aromatic carbocycles. The Kier molecular flexibility index (Phi) is 68.0. The van der Waals surface area contributed by atoms with Gasteiger partial charge in [0.1, 0.15) is 13.2 Å². The molecular weight excluding hydrogens is 1100 g/mol. The van der Waals surface area contributed by atoms with Crippen LogP contribution < -0.4 is 0 Å². The average molecular weight is 1250 g/mol. The Morgan fingerprint density at radius 3 is 0.966 bits per heavy atom. The first-order valence-electron chi connectivity index (χ1n) is 38.1. The van der Waals surface area contributed by atoms with Gasteiger partial charge in [-0.15, -0.1) is 0 Å². The van der Waals surface area contributed by atoms with Crippen LogP contribution in [0.25, 0.3) is 0 Å². The summed E-state index contributed by atoms with van der Waals surface area (Å²) in [5, 5.41) is 9.76. The molecule has 0 aromatic heterocycles. The number of unbranched alkanes of at least 4 members (excludes halogenated alkanes) is 44. The lowest BCUT2D eigenvalue weighted by atomic mass is 10.0. The molecule has 0 radical (unpaired) electrons. The van der Waals surface area contributed by atoms with Crippen LogP contribution in [-0.4, -0.2) is 87.4 Å². The summed E-state index contributed by atoms with van der Waals surface area (Å²) in [5.74, 6) is -1.99. The highest BCUT2D eigenvalue weighted by Crippen LogP contribution is 2.19. The highest BCUT2D eigenvalue weighted by atomic mass is 16.7. The number of quaternary nitrogens is 1. The Bertz CT molecular complexity index is 1690. The van der Waals surface area contributed by atoms with Gasteiger partial charge in [0.15, 0.2) is 6.10 Å². The van der Waals surface area contributed by atoms with Crippen LogP contribution in [0.5, 0.6) is 0 Å². The number of nitrogens with zero attached hydrogens (tertiary/aromatic N) is 1. The number of aliphatic carboxylic acids is 1. The standard InChI is InChI=1S/C80H145NO8/c1-6-8-10-12-14-16-18-20-22-24-26-28-30-32-34-35-36-37-38-39-40-41-42-43-45-46-48-50-52-54-56-58-60-62-64-66-68-70-77(82)87-74-76(75-88-80(79(84)85)86-73-72-81(3,4)5)89-78(83)71-69-67-65-63-61-59-57-55-53-51-49-47-44-33-31-29-27-25-23-21-19-17-15-13-11-9-7-2/h9,11,15,17,21,23-24,26-27,29,33,44,76,80H,6-8,10,12-14,16,18-20,22,25,28,30-32,34-43,45-75H2,1-5H3/p+1/b11-9-,17-15-,23-21-,26-24-,29-27-,44-33-. The van der Waals surface area contributed by atoms with E-state index in [4.69, 9.17) is 18.9 Å². The number of ether oxygens (including phenoxy) is 4. The van der Waals surface area contributed by atoms with Gasteiger partial charge in [0.05, 0.1) is 34.4 Å². The van der Waals surface area contributed by atoms with Crippen molar-refractivity contribution in [1.29, 1.82) is 0 Å². The predicted octanol–water partition coefficient (Wildman–Crippen LogP) is 24.0. The number of esters is 2. The number of carbonyl (C=O) groups is 3.